The summed E-state index contributed by atoms with van der Waals surface area (Å²) in [7, 11) is 0. The van der Waals surface area contributed by atoms with E-state index in [1.165, 1.54) is 55.5 Å². The van der Waals surface area contributed by atoms with Crippen LogP contribution in [0.3, 0.4) is 0 Å². The molecule has 0 amide bonds. The Balaban J connectivity index is 1.16. The van der Waals surface area contributed by atoms with Crippen LogP contribution in [0.5, 0.6) is 5.75 Å². The van der Waals surface area contributed by atoms with Crippen molar-refractivity contribution < 1.29 is 60.4 Å². The van der Waals surface area contributed by atoms with Crippen LogP contribution < -0.4 is 15.4 Å². The molecule has 0 spiro atoms. The second-order valence-electron chi connectivity index (χ2n) is 16.5. The van der Waals surface area contributed by atoms with Gasteiger partial charge in [-0.05, 0) is 131 Å². The Morgan fingerprint density at radius 2 is 1.28 bits per heavy atom. The molecule has 68 heavy (non-hydrogen) atoms. The van der Waals surface area contributed by atoms with E-state index in [0.29, 0.717) is 44.5 Å². The van der Waals surface area contributed by atoms with Crippen LogP contribution in [0.4, 0.5) is 30.7 Å². The first-order valence-electron chi connectivity index (χ1n) is 21.5. The molecule has 5 N–H and O–H groups in total. The van der Waals surface area contributed by atoms with Crippen LogP contribution in [0.1, 0.15) is 62.6 Å². The lowest BCUT2D eigenvalue weighted by Gasteiger charge is -2.27. The fraction of sp³-hybridized carbons (Fsp3) is 0.245. The molecule has 2 unspecified atom stereocenters. The zero-order valence-corrected chi connectivity index (χ0v) is 37.2. The summed E-state index contributed by atoms with van der Waals surface area (Å²) in [6.07, 6.45) is -6.28. The summed E-state index contributed by atoms with van der Waals surface area (Å²) in [5.41, 5.74) is 2.23. The molecular formula is C53H49F7N2O6. The van der Waals surface area contributed by atoms with Gasteiger partial charge in [-0.2, -0.15) is 26.3 Å². The van der Waals surface area contributed by atoms with Gasteiger partial charge >= 0.3 is 24.3 Å². The van der Waals surface area contributed by atoms with Crippen LogP contribution in [0.15, 0.2) is 121 Å². The van der Waals surface area contributed by atoms with Crippen molar-refractivity contribution in [2.24, 2.45) is 0 Å². The summed E-state index contributed by atoms with van der Waals surface area (Å²) in [5, 5.41) is 34.5. The zero-order valence-electron chi connectivity index (χ0n) is 37.2. The molecule has 6 aromatic carbocycles. The van der Waals surface area contributed by atoms with Gasteiger partial charge in [0.25, 0.3) is 0 Å². The van der Waals surface area contributed by atoms with Crippen LogP contribution in [-0.2, 0) is 47.9 Å². The quantitative estimate of drug-likeness (QED) is 0.0250. The number of aliphatic hydroxyl groups is 2. The van der Waals surface area contributed by atoms with Crippen molar-refractivity contribution in [1.29, 1.82) is 0 Å². The van der Waals surface area contributed by atoms with Crippen molar-refractivity contribution in [3.63, 3.8) is 0 Å². The van der Waals surface area contributed by atoms with Crippen LogP contribution in [0.2, 0.25) is 0 Å². The maximum atomic E-state index is 14.6. The third-order valence-corrected chi connectivity index (χ3v) is 11.8. The summed E-state index contributed by atoms with van der Waals surface area (Å²) in [5.74, 6) is -2.50. The highest BCUT2D eigenvalue weighted by molar-refractivity contribution is 5.83. The largest absolute Gasteiger partial charge is 0.480 e. The van der Waals surface area contributed by atoms with Crippen LogP contribution >= 0.6 is 0 Å². The maximum Gasteiger partial charge on any atom is 0.416 e. The number of aryl methyl sites for hydroxylation is 2. The van der Waals surface area contributed by atoms with E-state index in [1.54, 1.807) is 73.7 Å². The smallest absolute Gasteiger partial charge is 0.416 e. The minimum absolute atomic E-state index is 0.00316. The summed E-state index contributed by atoms with van der Waals surface area (Å²) in [6.45, 7) is 3.31. The van der Waals surface area contributed by atoms with E-state index < -0.39 is 66.0 Å². The number of hydrogen-bond acceptors (Lipinski definition) is 7. The van der Waals surface area contributed by atoms with Crippen molar-refractivity contribution in [3.8, 4) is 28.0 Å². The fourth-order valence-electron chi connectivity index (χ4n) is 7.79. The molecule has 0 aromatic heterocycles. The van der Waals surface area contributed by atoms with Crippen LogP contribution in [0.25, 0.3) is 34.4 Å². The van der Waals surface area contributed by atoms with E-state index in [-0.39, 0.29) is 42.8 Å². The van der Waals surface area contributed by atoms with E-state index in [4.69, 9.17) is 4.74 Å². The molecule has 0 heterocycles. The summed E-state index contributed by atoms with van der Waals surface area (Å²) in [4.78, 5) is 25.0. The fourth-order valence-corrected chi connectivity index (χ4v) is 7.79. The molecule has 0 aliphatic heterocycles. The van der Waals surface area contributed by atoms with Gasteiger partial charge in [-0.1, -0.05) is 97.1 Å². The molecule has 0 saturated carbocycles. The van der Waals surface area contributed by atoms with Gasteiger partial charge in [0.15, 0.2) is 0 Å². The third-order valence-electron chi connectivity index (χ3n) is 11.8. The second-order valence-corrected chi connectivity index (χ2v) is 16.5. The predicted molar refractivity (Wildman–Crippen MR) is 246 cm³/mol. The minimum atomic E-state index is -4.70. The molecule has 356 valence electrons. The van der Waals surface area contributed by atoms with Gasteiger partial charge in [0.05, 0.1) is 24.3 Å². The van der Waals surface area contributed by atoms with Gasteiger partial charge in [0, 0.05) is 18.7 Å². The molecular weight excluding hydrogens is 894 g/mol. The van der Waals surface area contributed by atoms with Gasteiger partial charge in [0.1, 0.15) is 23.1 Å². The average molecular weight is 943 g/mol. The molecule has 0 aliphatic carbocycles. The van der Waals surface area contributed by atoms with Crippen molar-refractivity contribution in [2.75, 3.05) is 13.2 Å². The first kappa shape index (κ1) is 50.8. The van der Waals surface area contributed by atoms with E-state index in [0.717, 1.165) is 23.3 Å². The summed E-state index contributed by atoms with van der Waals surface area (Å²) < 4.78 is 105. The molecule has 8 nitrogen and oxygen atoms in total. The Bertz CT molecular complexity index is 2810. The zero-order chi connectivity index (χ0) is 49.4. The number of benzene rings is 6. The van der Waals surface area contributed by atoms with E-state index in [2.05, 4.69) is 10.6 Å². The van der Waals surface area contributed by atoms with Crippen molar-refractivity contribution in [1.82, 2.24) is 10.6 Å². The van der Waals surface area contributed by atoms with Crippen molar-refractivity contribution in [2.45, 2.75) is 70.6 Å². The van der Waals surface area contributed by atoms with Gasteiger partial charge < -0.3 is 20.1 Å². The number of carbonyl (C=O) groups excluding carboxylic acids is 1. The first-order valence-corrected chi connectivity index (χ1v) is 21.5. The number of nitrogens with one attached hydrogen (secondary N) is 2. The Kier molecular flexibility index (Phi) is 16.1. The van der Waals surface area contributed by atoms with Crippen LogP contribution in [0, 0.1) is 19.7 Å². The predicted octanol–water partition coefficient (Wildman–Crippen LogP) is 10.8. The highest BCUT2D eigenvalue weighted by Crippen LogP contribution is 2.37. The standard InChI is InChI=1S/C53H49F7N2O6/c1-32-36(19-21-39-25-34(17-23-45(39)52(55,56)57)28-61-48(30-63)49(65)66)9-7-14-42(32)38-11-6-12-41(27-38)68-50(67)51(3,31-64)62-29-35-18-24-46(53(58,59)60)40(26-35)22-20-37-10-8-15-43(33(37)2)44-13-4-5-16-47(44)54/h4-18,20,22-27,48,61-64H,19,21,28-31H2,1-3H3,(H,65,66)/b22-20+. The minimum Gasteiger partial charge on any atom is -0.480 e. The third kappa shape index (κ3) is 12.3. The number of aliphatic hydroxyl groups excluding tert-OH is 2. The Morgan fingerprint density at radius 3 is 1.96 bits per heavy atom. The number of rotatable bonds is 18. The number of carboxylic acid groups (broad SMARTS) is 1. The van der Waals surface area contributed by atoms with E-state index in [9.17, 15) is 55.6 Å². The van der Waals surface area contributed by atoms with Gasteiger partial charge in [-0.3, -0.25) is 15.4 Å². The number of alkyl halides is 6. The molecule has 6 rings (SSSR count). The summed E-state index contributed by atoms with van der Waals surface area (Å²) in [6, 6.07) is 29.1. The van der Waals surface area contributed by atoms with Crippen LogP contribution in [-0.4, -0.2) is 52.1 Å². The number of ether oxygens (including phenoxy) is 1. The number of esters is 1. The number of halogens is 7. The molecule has 0 bridgehead atoms. The number of aliphatic carboxylic acids is 1. The number of carbonyl (C=O) groups is 2. The normalized spacial score (nSPS) is 13.4. The van der Waals surface area contributed by atoms with Gasteiger partial charge in [-0.15, -0.1) is 0 Å². The maximum absolute atomic E-state index is 14.6. The van der Waals surface area contributed by atoms with E-state index in [1.807, 2.05) is 13.0 Å². The molecule has 0 fully saturated rings. The topological polar surface area (TPSA) is 128 Å². The first-order chi connectivity index (χ1) is 32.2. The highest BCUT2D eigenvalue weighted by atomic mass is 19.4. The lowest BCUT2D eigenvalue weighted by molar-refractivity contribution is -0.143. The van der Waals surface area contributed by atoms with Gasteiger partial charge in [0.2, 0.25) is 0 Å². The molecule has 0 saturated heterocycles. The monoisotopic (exact) mass is 942 g/mol. The highest BCUT2D eigenvalue weighted by Gasteiger charge is 2.36. The Hall–Kier alpha value is -6.65. The molecule has 15 heteroatoms. The number of carboxylic acids is 1. The Labute approximate surface area is 388 Å². The molecule has 2 atom stereocenters. The molecule has 0 aliphatic rings. The lowest BCUT2D eigenvalue weighted by atomic mass is 9.91. The lowest BCUT2D eigenvalue weighted by Crippen LogP contribution is -2.54. The summed E-state index contributed by atoms with van der Waals surface area (Å²) >= 11 is 0. The number of hydrogen-bond donors (Lipinski definition) is 5. The van der Waals surface area contributed by atoms with Gasteiger partial charge in [-0.25, -0.2) is 9.18 Å². The second kappa shape index (κ2) is 21.5. The average Bonchev–Trinajstić information content (AvgIpc) is 3.30. The SMILES string of the molecule is Cc1c(/C=C/c2cc(CNC(C)(CO)C(=O)Oc3cccc(-c4cccc(CCc5cc(CNC(CO)C(=O)O)ccc5C(F)(F)F)c4C)c3)ccc2C(F)(F)F)cccc1-c1ccccc1F. The van der Waals surface area contributed by atoms with Crippen molar-refractivity contribution in [3.05, 3.63) is 183 Å². The molecule has 6 aromatic rings. The van der Waals surface area contributed by atoms with E-state index >= 15 is 0 Å². The molecule has 0 radical (unpaired) electrons. The van der Waals surface area contributed by atoms with Crippen molar-refractivity contribution >= 4 is 24.1 Å². The Morgan fingerprint density at radius 1 is 0.662 bits per heavy atom.